The molecule has 0 spiro atoms. The lowest BCUT2D eigenvalue weighted by molar-refractivity contribution is -0.114. The Morgan fingerprint density at radius 1 is 0.903 bits per heavy atom. The molecule has 31 heavy (non-hydrogen) atoms. The molecule has 3 aromatic carbocycles. The summed E-state index contributed by atoms with van der Waals surface area (Å²) in [5, 5.41) is 0. The maximum absolute atomic E-state index is 13.0. The van der Waals surface area contributed by atoms with Crippen LogP contribution in [0.15, 0.2) is 91.0 Å². The van der Waals surface area contributed by atoms with Crippen molar-refractivity contribution >= 4 is 33.4 Å². The second-order valence-electron chi connectivity index (χ2n) is 7.41. The molecule has 0 radical (unpaired) electrons. The molecule has 0 aromatic heterocycles. The van der Waals surface area contributed by atoms with E-state index in [1.165, 1.54) is 4.31 Å². The van der Waals surface area contributed by atoms with Crippen LogP contribution < -0.4 is 9.21 Å². The third-order valence-corrected chi connectivity index (χ3v) is 7.09. The zero-order chi connectivity index (χ0) is 21.7. The van der Waals surface area contributed by atoms with E-state index >= 15 is 0 Å². The highest BCUT2D eigenvalue weighted by atomic mass is 32.2. The predicted molar refractivity (Wildman–Crippen MR) is 125 cm³/mol. The largest absolute Gasteiger partial charge is 0.304 e. The maximum atomic E-state index is 13.0. The van der Waals surface area contributed by atoms with E-state index in [1.807, 2.05) is 72.8 Å². The summed E-state index contributed by atoms with van der Waals surface area (Å²) in [6, 6.07) is 26.7. The van der Waals surface area contributed by atoms with Crippen molar-refractivity contribution in [1.29, 1.82) is 0 Å². The zero-order valence-electron chi connectivity index (χ0n) is 17.1. The SMILES string of the molecule is O=C(/C=C/c1ccc(N2CCCS2(=O)=O)cc1)N(Cc1ccccc1)c1ccccc1. The molecule has 1 heterocycles. The summed E-state index contributed by atoms with van der Waals surface area (Å²) in [7, 11) is -3.20. The second-order valence-corrected chi connectivity index (χ2v) is 9.42. The van der Waals surface area contributed by atoms with Crippen LogP contribution in [0.1, 0.15) is 17.5 Å². The van der Waals surface area contributed by atoms with Crippen LogP contribution in [0.2, 0.25) is 0 Å². The standard InChI is InChI=1S/C25H24N2O3S/c28-25(26(23-10-5-2-6-11-23)20-22-8-3-1-4-9-22)17-14-21-12-15-24(16-13-21)27-18-7-19-31(27,29)30/h1-6,8-17H,7,18-20H2/b17-14+. The van der Waals surface area contributed by atoms with Crippen molar-refractivity contribution in [1.82, 2.24) is 0 Å². The Bertz CT molecular complexity index is 1160. The second kappa shape index (κ2) is 9.18. The lowest BCUT2D eigenvalue weighted by Crippen LogP contribution is -2.28. The number of anilines is 2. The molecule has 0 saturated carbocycles. The van der Waals surface area contributed by atoms with E-state index in [0.29, 0.717) is 25.2 Å². The van der Waals surface area contributed by atoms with E-state index < -0.39 is 10.0 Å². The number of carbonyl (C=O) groups excluding carboxylic acids is 1. The number of carbonyl (C=O) groups is 1. The molecule has 1 fully saturated rings. The van der Waals surface area contributed by atoms with E-state index in [-0.39, 0.29) is 11.7 Å². The average Bonchev–Trinajstić information content (AvgIpc) is 3.16. The van der Waals surface area contributed by atoms with Crippen molar-refractivity contribution in [2.24, 2.45) is 0 Å². The molecule has 158 valence electrons. The minimum atomic E-state index is -3.20. The number of nitrogens with zero attached hydrogens (tertiary/aromatic N) is 2. The summed E-state index contributed by atoms with van der Waals surface area (Å²) >= 11 is 0. The zero-order valence-corrected chi connectivity index (χ0v) is 17.9. The number of sulfonamides is 1. The first-order chi connectivity index (χ1) is 15.0. The Balaban J connectivity index is 1.51. The van der Waals surface area contributed by atoms with Gasteiger partial charge in [-0.2, -0.15) is 0 Å². The average molecular weight is 433 g/mol. The van der Waals surface area contributed by atoms with Crippen LogP contribution in [-0.2, 0) is 21.4 Å². The Hall–Kier alpha value is -3.38. The molecule has 0 aliphatic carbocycles. The Kier molecular flexibility index (Phi) is 6.18. The van der Waals surface area contributed by atoms with Gasteiger partial charge in [0, 0.05) is 18.3 Å². The highest BCUT2D eigenvalue weighted by molar-refractivity contribution is 7.93. The molecule has 0 bridgehead atoms. The molecule has 0 unspecified atom stereocenters. The lowest BCUT2D eigenvalue weighted by Gasteiger charge is -2.21. The molecule has 1 saturated heterocycles. The smallest absolute Gasteiger partial charge is 0.251 e. The van der Waals surface area contributed by atoms with Gasteiger partial charge in [0.2, 0.25) is 10.0 Å². The van der Waals surface area contributed by atoms with Crippen molar-refractivity contribution in [3.63, 3.8) is 0 Å². The molecular formula is C25H24N2O3S. The molecule has 1 aliphatic rings. The number of benzene rings is 3. The molecule has 1 aliphatic heterocycles. The van der Waals surface area contributed by atoms with Crippen LogP contribution in [0.5, 0.6) is 0 Å². The van der Waals surface area contributed by atoms with Crippen LogP contribution in [0.25, 0.3) is 6.08 Å². The number of rotatable bonds is 6. The molecule has 3 aromatic rings. The van der Waals surface area contributed by atoms with E-state index in [4.69, 9.17) is 0 Å². The highest BCUT2D eigenvalue weighted by Crippen LogP contribution is 2.24. The van der Waals surface area contributed by atoms with Gasteiger partial charge in [0.15, 0.2) is 0 Å². The van der Waals surface area contributed by atoms with E-state index in [1.54, 1.807) is 29.2 Å². The normalized spacial score (nSPS) is 15.3. The first-order valence-electron chi connectivity index (χ1n) is 10.2. The minimum absolute atomic E-state index is 0.124. The van der Waals surface area contributed by atoms with Gasteiger partial charge in [-0.15, -0.1) is 0 Å². The van der Waals surface area contributed by atoms with E-state index in [2.05, 4.69) is 0 Å². The van der Waals surface area contributed by atoms with Crippen LogP contribution >= 0.6 is 0 Å². The summed E-state index contributed by atoms with van der Waals surface area (Å²) in [6.07, 6.45) is 3.96. The number of hydrogen-bond acceptors (Lipinski definition) is 3. The van der Waals surface area contributed by atoms with Gasteiger partial charge in [-0.05, 0) is 47.9 Å². The fourth-order valence-electron chi connectivity index (χ4n) is 3.61. The predicted octanol–water partition coefficient (Wildman–Crippen LogP) is 4.47. The van der Waals surface area contributed by atoms with Crippen LogP contribution in [0.3, 0.4) is 0 Å². The van der Waals surface area contributed by atoms with Gasteiger partial charge in [0.25, 0.3) is 5.91 Å². The lowest BCUT2D eigenvalue weighted by atomic mass is 10.1. The minimum Gasteiger partial charge on any atom is -0.304 e. The van der Waals surface area contributed by atoms with Crippen molar-refractivity contribution < 1.29 is 13.2 Å². The first-order valence-corrected chi connectivity index (χ1v) is 11.8. The van der Waals surface area contributed by atoms with Crippen LogP contribution in [-0.4, -0.2) is 26.6 Å². The first kappa shape index (κ1) is 20.9. The fraction of sp³-hybridized carbons (Fsp3) is 0.160. The van der Waals surface area contributed by atoms with Gasteiger partial charge in [-0.3, -0.25) is 9.10 Å². The van der Waals surface area contributed by atoms with Crippen molar-refractivity contribution in [2.75, 3.05) is 21.5 Å². The quantitative estimate of drug-likeness (QED) is 0.540. The highest BCUT2D eigenvalue weighted by Gasteiger charge is 2.28. The number of amides is 1. The molecule has 0 N–H and O–H groups in total. The third kappa shape index (κ3) is 5.03. The molecule has 1 amide bonds. The summed E-state index contributed by atoms with van der Waals surface area (Å²) in [5.74, 6) is 0.0705. The summed E-state index contributed by atoms with van der Waals surface area (Å²) in [4.78, 5) is 14.8. The third-order valence-electron chi connectivity index (χ3n) is 5.22. The summed E-state index contributed by atoms with van der Waals surface area (Å²) in [5.41, 5.74) is 3.37. The Morgan fingerprint density at radius 2 is 1.55 bits per heavy atom. The van der Waals surface area contributed by atoms with Crippen LogP contribution in [0, 0.1) is 0 Å². The molecule has 6 heteroatoms. The van der Waals surface area contributed by atoms with Gasteiger partial charge < -0.3 is 4.90 Å². The monoisotopic (exact) mass is 432 g/mol. The topological polar surface area (TPSA) is 57.7 Å². The van der Waals surface area contributed by atoms with Crippen molar-refractivity contribution in [2.45, 2.75) is 13.0 Å². The fourth-order valence-corrected chi connectivity index (χ4v) is 5.17. The maximum Gasteiger partial charge on any atom is 0.251 e. The molecular weight excluding hydrogens is 408 g/mol. The number of para-hydroxylation sites is 1. The van der Waals surface area contributed by atoms with Gasteiger partial charge in [-0.1, -0.05) is 60.7 Å². The van der Waals surface area contributed by atoms with Gasteiger partial charge in [-0.25, -0.2) is 8.42 Å². The summed E-state index contributed by atoms with van der Waals surface area (Å²) in [6.45, 7) is 0.987. The van der Waals surface area contributed by atoms with Crippen molar-refractivity contribution in [3.8, 4) is 0 Å². The van der Waals surface area contributed by atoms with Crippen LogP contribution in [0.4, 0.5) is 11.4 Å². The van der Waals surface area contributed by atoms with Gasteiger partial charge in [0.1, 0.15) is 0 Å². The van der Waals surface area contributed by atoms with Crippen molar-refractivity contribution in [3.05, 3.63) is 102 Å². The van der Waals surface area contributed by atoms with Gasteiger partial charge in [0.05, 0.1) is 18.0 Å². The van der Waals surface area contributed by atoms with E-state index in [0.717, 1.165) is 16.8 Å². The summed E-state index contributed by atoms with van der Waals surface area (Å²) < 4.78 is 25.6. The molecule has 0 atom stereocenters. The number of hydrogen-bond donors (Lipinski definition) is 0. The molecule has 5 nitrogen and oxygen atoms in total. The van der Waals surface area contributed by atoms with Gasteiger partial charge >= 0.3 is 0 Å². The Morgan fingerprint density at radius 3 is 2.16 bits per heavy atom. The Labute approximate surface area is 183 Å². The molecule has 4 rings (SSSR count). The van der Waals surface area contributed by atoms with E-state index in [9.17, 15) is 13.2 Å².